The molecule has 6 heteroatoms. The molecule has 0 unspecified atom stereocenters. The number of fused-ring (bicyclic) bond motifs is 1. The highest BCUT2D eigenvalue weighted by atomic mass is 16.7. The molecule has 126 valence electrons. The lowest BCUT2D eigenvalue weighted by molar-refractivity contribution is 0.174. The molecule has 1 heterocycles. The van der Waals surface area contributed by atoms with Crippen LogP contribution in [0.4, 0.5) is 4.79 Å². The van der Waals surface area contributed by atoms with Gasteiger partial charge >= 0.3 is 6.03 Å². The number of benzene rings is 2. The fourth-order valence-electron chi connectivity index (χ4n) is 2.39. The predicted octanol–water partition coefficient (Wildman–Crippen LogP) is 2.81. The van der Waals surface area contributed by atoms with Crippen LogP contribution in [0.1, 0.15) is 18.1 Å². The summed E-state index contributed by atoms with van der Waals surface area (Å²) in [5.74, 6) is 2.25. The number of ether oxygens (including phenoxy) is 3. The third kappa shape index (κ3) is 4.10. The van der Waals surface area contributed by atoms with E-state index in [0.29, 0.717) is 25.4 Å². The van der Waals surface area contributed by atoms with Crippen molar-refractivity contribution in [3.63, 3.8) is 0 Å². The molecule has 0 saturated heterocycles. The molecule has 2 aromatic carbocycles. The van der Waals surface area contributed by atoms with E-state index < -0.39 is 0 Å². The molecule has 0 radical (unpaired) electrons. The van der Waals surface area contributed by atoms with Gasteiger partial charge < -0.3 is 24.8 Å². The number of hydrogen-bond acceptors (Lipinski definition) is 4. The van der Waals surface area contributed by atoms with Gasteiger partial charge in [-0.2, -0.15) is 0 Å². The van der Waals surface area contributed by atoms with E-state index in [9.17, 15) is 4.79 Å². The Bertz CT molecular complexity index is 718. The first-order valence-corrected chi connectivity index (χ1v) is 7.86. The normalized spacial score (nSPS) is 11.9. The van der Waals surface area contributed by atoms with Crippen molar-refractivity contribution >= 4 is 6.03 Å². The number of amides is 2. The van der Waals surface area contributed by atoms with Gasteiger partial charge in [0.2, 0.25) is 6.79 Å². The highest BCUT2D eigenvalue weighted by Gasteiger charge is 2.13. The molecule has 24 heavy (non-hydrogen) atoms. The zero-order valence-electron chi connectivity index (χ0n) is 13.5. The number of hydrogen-bond donors (Lipinski definition) is 2. The van der Waals surface area contributed by atoms with Crippen molar-refractivity contribution in [2.75, 3.05) is 13.4 Å². The number of carbonyl (C=O) groups excluding carboxylic acids is 1. The van der Waals surface area contributed by atoms with Gasteiger partial charge in [0, 0.05) is 13.1 Å². The summed E-state index contributed by atoms with van der Waals surface area (Å²) in [6, 6.07) is 13.1. The maximum atomic E-state index is 11.9. The van der Waals surface area contributed by atoms with E-state index in [1.807, 2.05) is 49.4 Å². The SMILES string of the molecule is CCOc1cccc(CNC(=O)NCc2ccc3c(c2)OCO3)c1. The first kappa shape index (κ1) is 16.0. The lowest BCUT2D eigenvalue weighted by Crippen LogP contribution is -2.34. The van der Waals surface area contributed by atoms with Gasteiger partial charge in [0.1, 0.15) is 5.75 Å². The third-order valence-electron chi connectivity index (χ3n) is 3.55. The van der Waals surface area contributed by atoms with Gasteiger partial charge in [-0.05, 0) is 42.3 Å². The van der Waals surface area contributed by atoms with Crippen LogP contribution in [0, 0.1) is 0 Å². The molecule has 0 fully saturated rings. The van der Waals surface area contributed by atoms with E-state index >= 15 is 0 Å². The molecule has 0 saturated carbocycles. The van der Waals surface area contributed by atoms with Crippen molar-refractivity contribution in [1.29, 1.82) is 0 Å². The summed E-state index contributed by atoms with van der Waals surface area (Å²) in [7, 11) is 0. The first-order chi connectivity index (χ1) is 11.7. The van der Waals surface area contributed by atoms with Crippen molar-refractivity contribution in [2.45, 2.75) is 20.0 Å². The highest BCUT2D eigenvalue weighted by molar-refractivity contribution is 5.73. The van der Waals surface area contributed by atoms with E-state index in [4.69, 9.17) is 14.2 Å². The lowest BCUT2D eigenvalue weighted by Gasteiger charge is -2.09. The van der Waals surface area contributed by atoms with Crippen LogP contribution in [-0.2, 0) is 13.1 Å². The van der Waals surface area contributed by atoms with Crippen molar-refractivity contribution in [3.05, 3.63) is 53.6 Å². The summed E-state index contributed by atoms with van der Waals surface area (Å²) in [6.07, 6.45) is 0. The fraction of sp³-hybridized carbons (Fsp3) is 0.278. The van der Waals surface area contributed by atoms with Crippen LogP contribution >= 0.6 is 0 Å². The summed E-state index contributed by atoms with van der Waals surface area (Å²) in [6.45, 7) is 3.66. The van der Waals surface area contributed by atoms with Crippen molar-refractivity contribution < 1.29 is 19.0 Å². The quantitative estimate of drug-likeness (QED) is 0.855. The van der Waals surface area contributed by atoms with Crippen LogP contribution < -0.4 is 24.8 Å². The van der Waals surface area contributed by atoms with Crippen molar-refractivity contribution in [2.24, 2.45) is 0 Å². The Kier molecular flexibility index (Phi) is 5.05. The zero-order chi connectivity index (χ0) is 16.8. The van der Waals surface area contributed by atoms with Crippen LogP contribution in [0.25, 0.3) is 0 Å². The summed E-state index contributed by atoms with van der Waals surface area (Å²) in [5, 5.41) is 5.65. The number of nitrogens with one attached hydrogen (secondary N) is 2. The van der Waals surface area contributed by atoms with Crippen molar-refractivity contribution in [1.82, 2.24) is 10.6 Å². The van der Waals surface area contributed by atoms with Gasteiger partial charge in [-0.1, -0.05) is 18.2 Å². The summed E-state index contributed by atoms with van der Waals surface area (Å²) >= 11 is 0. The summed E-state index contributed by atoms with van der Waals surface area (Å²) in [5.41, 5.74) is 1.94. The number of urea groups is 1. The van der Waals surface area contributed by atoms with Crippen LogP contribution in [0.5, 0.6) is 17.2 Å². The Balaban J connectivity index is 1.46. The van der Waals surface area contributed by atoms with Crippen LogP contribution in [0.2, 0.25) is 0 Å². The van der Waals surface area contributed by atoms with Gasteiger partial charge in [0.25, 0.3) is 0 Å². The van der Waals surface area contributed by atoms with E-state index in [0.717, 1.165) is 22.6 Å². The van der Waals surface area contributed by atoms with Gasteiger partial charge in [-0.15, -0.1) is 0 Å². The van der Waals surface area contributed by atoms with Crippen LogP contribution in [-0.4, -0.2) is 19.4 Å². The van der Waals surface area contributed by atoms with Gasteiger partial charge in [-0.3, -0.25) is 0 Å². The molecule has 1 aliphatic rings. The Labute approximate surface area is 140 Å². The average molecular weight is 328 g/mol. The van der Waals surface area contributed by atoms with Crippen LogP contribution in [0.3, 0.4) is 0 Å². The fourth-order valence-corrected chi connectivity index (χ4v) is 2.39. The summed E-state index contributed by atoms with van der Waals surface area (Å²) < 4.78 is 16.0. The maximum absolute atomic E-state index is 11.9. The maximum Gasteiger partial charge on any atom is 0.315 e. The van der Waals surface area contributed by atoms with Gasteiger partial charge in [0.15, 0.2) is 11.5 Å². The Hall–Kier alpha value is -2.89. The standard InChI is InChI=1S/C18H20N2O4/c1-2-22-15-5-3-4-13(8-15)10-19-18(21)20-11-14-6-7-16-17(9-14)24-12-23-16/h3-9H,2,10-12H2,1H3,(H2,19,20,21). The zero-order valence-corrected chi connectivity index (χ0v) is 13.5. The second-order valence-electron chi connectivity index (χ2n) is 5.30. The molecule has 1 aliphatic heterocycles. The molecule has 0 aromatic heterocycles. The molecule has 6 nitrogen and oxygen atoms in total. The summed E-state index contributed by atoms with van der Waals surface area (Å²) in [4.78, 5) is 11.9. The highest BCUT2D eigenvalue weighted by Crippen LogP contribution is 2.32. The molecule has 2 N–H and O–H groups in total. The predicted molar refractivity (Wildman–Crippen MR) is 89.3 cm³/mol. The first-order valence-electron chi connectivity index (χ1n) is 7.86. The third-order valence-corrected chi connectivity index (χ3v) is 3.55. The largest absolute Gasteiger partial charge is 0.494 e. The van der Waals surface area contributed by atoms with Crippen molar-refractivity contribution in [3.8, 4) is 17.2 Å². The van der Waals surface area contributed by atoms with E-state index in [1.165, 1.54) is 0 Å². The topological polar surface area (TPSA) is 68.8 Å². The lowest BCUT2D eigenvalue weighted by atomic mass is 10.2. The van der Waals surface area contributed by atoms with Gasteiger partial charge in [-0.25, -0.2) is 4.79 Å². The van der Waals surface area contributed by atoms with E-state index in [1.54, 1.807) is 0 Å². The molecule has 0 aliphatic carbocycles. The smallest absolute Gasteiger partial charge is 0.315 e. The molecular formula is C18H20N2O4. The Morgan fingerprint density at radius 3 is 2.58 bits per heavy atom. The minimum absolute atomic E-state index is 0.227. The van der Waals surface area contributed by atoms with Gasteiger partial charge in [0.05, 0.1) is 6.61 Å². The molecule has 0 atom stereocenters. The monoisotopic (exact) mass is 328 g/mol. The molecule has 2 aromatic rings. The number of rotatable bonds is 6. The van der Waals surface area contributed by atoms with Crippen LogP contribution in [0.15, 0.2) is 42.5 Å². The minimum Gasteiger partial charge on any atom is -0.494 e. The second-order valence-corrected chi connectivity index (χ2v) is 5.30. The molecule has 0 spiro atoms. The Morgan fingerprint density at radius 2 is 1.79 bits per heavy atom. The molecule has 0 bridgehead atoms. The number of carbonyl (C=O) groups is 1. The van der Waals surface area contributed by atoms with E-state index in [-0.39, 0.29) is 12.8 Å². The molecule has 2 amide bonds. The molecule has 3 rings (SSSR count). The Morgan fingerprint density at radius 1 is 1.04 bits per heavy atom. The molecular weight excluding hydrogens is 308 g/mol. The average Bonchev–Trinajstić information content (AvgIpc) is 3.06. The minimum atomic E-state index is -0.227. The second kappa shape index (κ2) is 7.59. The van der Waals surface area contributed by atoms with E-state index in [2.05, 4.69) is 10.6 Å².